The molecule has 0 saturated carbocycles. The molecule has 25 heavy (non-hydrogen) atoms. The fourth-order valence-corrected chi connectivity index (χ4v) is 1.95. The van der Waals surface area contributed by atoms with Gasteiger partial charge in [-0.25, -0.2) is 9.59 Å². The van der Waals surface area contributed by atoms with Crippen molar-refractivity contribution in [1.82, 2.24) is 9.97 Å². The van der Waals surface area contributed by atoms with Gasteiger partial charge in [0, 0.05) is 12.4 Å². The molecule has 132 valence electrons. The summed E-state index contributed by atoms with van der Waals surface area (Å²) in [6.45, 7) is 4.59. The van der Waals surface area contributed by atoms with Crippen molar-refractivity contribution < 1.29 is 38.5 Å². The molecule has 7 heteroatoms. The monoisotopic (exact) mass is 430 g/mol. The minimum absolute atomic E-state index is 0. The van der Waals surface area contributed by atoms with E-state index in [4.69, 9.17) is 9.47 Å². The molecular weight excluding hydrogens is 409 g/mol. The molecule has 2 aromatic rings. The van der Waals surface area contributed by atoms with Crippen LogP contribution in [0.4, 0.5) is 0 Å². The Labute approximate surface area is 159 Å². The second-order valence-electron chi connectivity index (χ2n) is 5.13. The zero-order valence-corrected chi connectivity index (χ0v) is 15.9. The average molecular weight is 429 g/mol. The number of carbonyl (C=O) groups is 2. The van der Waals surface area contributed by atoms with E-state index in [2.05, 4.69) is 9.97 Å². The van der Waals surface area contributed by atoms with Gasteiger partial charge in [0.15, 0.2) is 0 Å². The fraction of sp³-hybridized carbons (Fsp3) is 0.333. The predicted molar refractivity (Wildman–Crippen MR) is 88.6 cm³/mol. The third-order valence-corrected chi connectivity index (χ3v) is 3.13. The summed E-state index contributed by atoms with van der Waals surface area (Å²) in [7, 11) is 0. The van der Waals surface area contributed by atoms with E-state index < -0.39 is 11.9 Å². The van der Waals surface area contributed by atoms with Crippen molar-refractivity contribution >= 4 is 11.9 Å². The van der Waals surface area contributed by atoms with E-state index >= 15 is 0 Å². The Kier molecular flexibility index (Phi) is 8.92. The fourth-order valence-electron chi connectivity index (χ4n) is 1.95. The standard InChI is InChI=1S/C18H20N2O4.Ru/c1-3-9-23-17(21)13-5-7-19-15(11-13)16-12-14(6-8-20-16)18(22)24-10-4-2;/h5-8,11-12H,3-4,9-10H2,1-2H3;/q;+2. The summed E-state index contributed by atoms with van der Waals surface area (Å²) >= 11 is 0. The second-order valence-corrected chi connectivity index (χ2v) is 5.13. The van der Waals surface area contributed by atoms with Crippen molar-refractivity contribution in [3.63, 3.8) is 0 Å². The molecule has 0 aliphatic carbocycles. The largest absolute Gasteiger partial charge is 2.00 e. The Bertz CT molecular complexity index is 660. The maximum absolute atomic E-state index is 11.9. The Morgan fingerprint density at radius 1 is 0.840 bits per heavy atom. The minimum Gasteiger partial charge on any atom is -0.462 e. The number of hydrogen-bond acceptors (Lipinski definition) is 6. The van der Waals surface area contributed by atoms with Gasteiger partial charge < -0.3 is 9.47 Å². The molecule has 0 aliphatic rings. The molecule has 0 N–H and O–H groups in total. The number of rotatable bonds is 7. The first-order valence-corrected chi connectivity index (χ1v) is 7.92. The summed E-state index contributed by atoms with van der Waals surface area (Å²) in [4.78, 5) is 32.3. The van der Waals surface area contributed by atoms with Crippen LogP contribution in [-0.4, -0.2) is 35.1 Å². The van der Waals surface area contributed by atoms with Crippen LogP contribution >= 0.6 is 0 Å². The number of hydrogen-bond donors (Lipinski definition) is 0. The van der Waals surface area contributed by atoms with Gasteiger partial charge in [0.1, 0.15) is 0 Å². The summed E-state index contributed by atoms with van der Waals surface area (Å²) in [5, 5.41) is 0. The molecule has 2 rings (SSSR count). The van der Waals surface area contributed by atoms with Crippen molar-refractivity contribution in [2.45, 2.75) is 26.7 Å². The normalized spacial score (nSPS) is 9.84. The number of aromatic nitrogens is 2. The Morgan fingerprint density at radius 2 is 1.24 bits per heavy atom. The molecule has 0 aromatic carbocycles. The first-order valence-electron chi connectivity index (χ1n) is 7.92. The topological polar surface area (TPSA) is 78.4 Å². The Morgan fingerprint density at radius 3 is 1.60 bits per heavy atom. The molecule has 0 atom stereocenters. The predicted octanol–water partition coefficient (Wildman–Crippen LogP) is 3.27. The second kappa shape index (κ2) is 10.7. The van der Waals surface area contributed by atoms with Crippen molar-refractivity contribution in [3.05, 3.63) is 47.8 Å². The van der Waals surface area contributed by atoms with E-state index in [1.807, 2.05) is 13.8 Å². The van der Waals surface area contributed by atoms with Crippen LogP contribution in [0, 0.1) is 0 Å². The molecule has 0 fully saturated rings. The number of ether oxygens (including phenoxy) is 2. The molecular formula is C18H20N2O4Ru+2. The number of nitrogens with zero attached hydrogens (tertiary/aromatic N) is 2. The van der Waals surface area contributed by atoms with Gasteiger partial charge in [-0.15, -0.1) is 0 Å². The van der Waals surface area contributed by atoms with Gasteiger partial charge in [-0.2, -0.15) is 0 Å². The Hall–Kier alpha value is -2.14. The van der Waals surface area contributed by atoms with Crippen LogP contribution in [0.3, 0.4) is 0 Å². The van der Waals surface area contributed by atoms with E-state index in [0.717, 1.165) is 12.8 Å². The van der Waals surface area contributed by atoms with Crippen LogP contribution in [0.1, 0.15) is 47.4 Å². The van der Waals surface area contributed by atoms with Crippen LogP contribution in [0.2, 0.25) is 0 Å². The quantitative estimate of drug-likeness (QED) is 0.497. The number of pyridine rings is 2. The average Bonchev–Trinajstić information content (AvgIpc) is 2.64. The van der Waals surface area contributed by atoms with Gasteiger partial charge in [0.25, 0.3) is 0 Å². The number of esters is 2. The van der Waals surface area contributed by atoms with E-state index in [9.17, 15) is 9.59 Å². The third-order valence-electron chi connectivity index (χ3n) is 3.13. The molecule has 0 saturated heterocycles. The number of carbonyl (C=O) groups excluding carboxylic acids is 2. The van der Waals surface area contributed by atoms with Crippen molar-refractivity contribution in [3.8, 4) is 11.4 Å². The molecule has 2 aromatic heterocycles. The minimum atomic E-state index is -0.404. The van der Waals surface area contributed by atoms with Gasteiger partial charge in [-0.3, -0.25) is 9.97 Å². The third kappa shape index (κ3) is 6.02. The van der Waals surface area contributed by atoms with Crippen LogP contribution in [-0.2, 0) is 29.0 Å². The van der Waals surface area contributed by atoms with Crippen molar-refractivity contribution in [2.24, 2.45) is 0 Å². The first-order chi connectivity index (χ1) is 11.7. The zero-order valence-electron chi connectivity index (χ0n) is 14.2. The van der Waals surface area contributed by atoms with Gasteiger partial charge in [0.2, 0.25) is 0 Å². The molecule has 0 bridgehead atoms. The molecule has 0 radical (unpaired) electrons. The molecule has 6 nitrogen and oxygen atoms in total. The van der Waals surface area contributed by atoms with Crippen LogP contribution in [0.25, 0.3) is 11.4 Å². The summed E-state index contributed by atoms with van der Waals surface area (Å²) in [5.41, 5.74) is 1.78. The summed E-state index contributed by atoms with van der Waals surface area (Å²) in [6.07, 6.45) is 4.55. The first kappa shape index (κ1) is 20.9. The van der Waals surface area contributed by atoms with Gasteiger partial charge in [0.05, 0.1) is 35.7 Å². The SMILES string of the molecule is CCCOC(=O)c1ccnc(-c2cc(C(=O)OCCC)ccn2)c1.[Ru+2]. The summed E-state index contributed by atoms with van der Waals surface area (Å²) in [5.74, 6) is -0.807. The van der Waals surface area contributed by atoms with Crippen LogP contribution in [0.5, 0.6) is 0 Å². The molecule has 0 unspecified atom stereocenters. The van der Waals surface area contributed by atoms with Crippen LogP contribution in [0.15, 0.2) is 36.7 Å². The summed E-state index contributed by atoms with van der Waals surface area (Å²) < 4.78 is 10.2. The molecule has 0 amide bonds. The summed E-state index contributed by atoms with van der Waals surface area (Å²) in [6, 6.07) is 6.37. The maximum atomic E-state index is 11.9. The maximum Gasteiger partial charge on any atom is 2.00 e. The Balaban J connectivity index is 0.00000312. The van der Waals surface area contributed by atoms with Crippen LogP contribution < -0.4 is 0 Å². The molecule has 2 heterocycles. The van der Waals surface area contributed by atoms with E-state index in [1.165, 1.54) is 12.4 Å². The van der Waals surface area contributed by atoms with Gasteiger partial charge in [-0.05, 0) is 37.1 Å². The van der Waals surface area contributed by atoms with Crippen molar-refractivity contribution in [2.75, 3.05) is 13.2 Å². The van der Waals surface area contributed by atoms with E-state index in [1.54, 1.807) is 24.3 Å². The zero-order chi connectivity index (χ0) is 17.4. The molecule has 0 spiro atoms. The van der Waals surface area contributed by atoms with Gasteiger partial charge in [-0.1, -0.05) is 13.8 Å². The van der Waals surface area contributed by atoms with Gasteiger partial charge >= 0.3 is 31.4 Å². The smallest absolute Gasteiger partial charge is 0.462 e. The molecule has 0 aliphatic heterocycles. The van der Waals surface area contributed by atoms with E-state index in [0.29, 0.717) is 35.7 Å². The van der Waals surface area contributed by atoms with E-state index in [-0.39, 0.29) is 19.5 Å². The van der Waals surface area contributed by atoms with Crippen molar-refractivity contribution in [1.29, 1.82) is 0 Å².